The Kier molecular flexibility index (Phi) is 9.17. The average molecular weight is 623 g/mol. The van der Waals surface area contributed by atoms with E-state index in [1.807, 2.05) is 36.2 Å². The van der Waals surface area contributed by atoms with Crippen LogP contribution in [0, 0.1) is 0 Å². The van der Waals surface area contributed by atoms with Crippen molar-refractivity contribution in [1.29, 1.82) is 0 Å². The number of fused-ring (bicyclic) bond motifs is 1. The molecule has 3 amide bonds. The van der Waals surface area contributed by atoms with Crippen LogP contribution >= 0.6 is 22.9 Å². The highest BCUT2D eigenvalue weighted by molar-refractivity contribution is 7.18. The van der Waals surface area contributed by atoms with Gasteiger partial charge in [-0.1, -0.05) is 29.8 Å². The van der Waals surface area contributed by atoms with E-state index in [-0.39, 0.29) is 23.4 Å². The highest BCUT2D eigenvalue weighted by Gasteiger charge is 2.39. The summed E-state index contributed by atoms with van der Waals surface area (Å²) in [5.74, 6) is -2.50. The van der Waals surface area contributed by atoms with Crippen LogP contribution in [0.5, 0.6) is 5.75 Å². The lowest BCUT2D eigenvalue weighted by molar-refractivity contribution is -0.192. The van der Waals surface area contributed by atoms with Crippen LogP contribution < -0.4 is 10.1 Å². The van der Waals surface area contributed by atoms with Gasteiger partial charge in [0.05, 0.1) is 39.1 Å². The number of rotatable bonds is 7. The first-order chi connectivity index (χ1) is 19.8. The maximum absolute atomic E-state index is 13.3. The second-order valence-corrected chi connectivity index (χ2v) is 10.7. The molecule has 3 aromatic rings. The Morgan fingerprint density at radius 1 is 1.12 bits per heavy atom. The Bertz CT molecular complexity index is 1580. The van der Waals surface area contributed by atoms with Gasteiger partial charge in [-0.15, -0.1) is 11.3 Å². The van der Waals surface area contributed by atoms with E-state index in [1.54, 1.807) is 30.3 Å². The molecular weight excluding hydrogens is 601 g/mol. The number of aliphatic imine (C=N–C) groups is 1. The molecule has 1 aromatic heterocycles. The van der Waals surface area contributed by atoms with Gasteiger partial charge in [0, 0.05) is 13.6 Å². The summed E-state index contributed by atoms with van der Waals surface area (Å²) in [4.78, 5) is 55.9. The fourth-order valence-corrected chi connectivity index (χ4v) is 4.94. The van der Waals surface area contributed by atoms with Gasteiger partial charge >= 0.3 is 12.1 Å². The number of thiophene rings is 1. The molecule has 0 aliphatic carbocycles. The number of hydrogen-bond donors (Lipinski definition) is 2. The monoisotopic (exact) mass is 622 g/mol. The minimum atomic E-state index is -5.08. The van der Waals surface area contributed by atoms with E-state index in [0.29, 0.717) is 21.6 Å². The zero-order valence-corrected chi connectivity index (χ0v) is 23.3. The number of nitrogens with one attached hydrogen (secondary N) is 1. The SMILES string of the molecule is CN1CCN=C1COc1cccc(CN2C(=O)c3cccc(NC(=O)c4ccc(Cl)s4)c3C2=O)c1.O=C(O)C(F)(F)F. The third kappa shape index (κ3) is 7.06. The number of nitrogens with zero attached hydrogens (tertiary/aromatic N) is 3. The van der Waals surface area contributed by atoms with Crippen LogP contribution in [0.25, 0.3) is 0 Å². The van der Waals surface area contributed by atoms with Crippen molar-refractivity contribution in [2.45, 2.75) is 12.7 Å². The number of carboxylic acid groups (broad SMARTS) is 1. The zero-order chi connectivity index (χ0) is 30.6. The summed E-state index contributed by atoms with van der Waals surface area (Å²) >= 11 is 7.06. The van der Waals surface area contributed by atoms with Crippen molar-refractivity contribution in [3.63, 3.8) is 0 Å². The summed E-state index contributed by atoms with van der Waals surface area (Å²) in [6, 6.07) is 15.4. The number of likely N-dealkylation sites (N-methyl/N-ethyl adjacent to an activating group) is 1. The highest BCUT2D eigenvalue weighted by Crippen LogP contribution is 2.32. The fourth-order valence-electron chi connectivity index (χ4n) is 4.00. The number of carbonyl (C=O) groups excluding carboxylic acids is 3. The Balaban J connectivity index is 0.000000517. The Hall–Kier alpha value is -4.43. The van der Waals surface area contributed by atoms with Crippen molar-refractivity contribution in [2.24, 2.45) is 4.99 Å². The van der Waals surface area contributed by atoms with Crippen molar-refractivity contribution in [3.8, 4) is 5.75 Å². The van der Waals surface area contributed by atoms with Gasteiger partial charge in [0.2, 0.25) is 0 Å². The number of amides is 3. The summed E-state index contributed by atoms with van der Waals surface area (Å²) in [6.07, 6.45) is -5.08. The quantitative estimate of drug-likeness (QED) is 0.362. The zero-order valence-electron chi connectivity index (χ0n) is 21.8. The van der Waals surface area contributed by atoms with E-state index in [9.17, 15) is 27.6 Å². The van der Waals surface area contributed by atoms with Crippen molar-refractivity contribution in [1.82, 2.24) is 9.80 Å². The summed E-state index contributed by atoms with van der Waals surface area (Å²) in [5, 5.41) is 9.87. The Morgan fingerprint density at radius 2 is 1.83 bits per heavy atom. The van der Waals surface area contributed by atoms with Gasteiger partial charge in [0.25, 0.3) is 17.7 Å². The van der Waals surface area contributed by atoms with Crippen LogP contribution in [0.15, 0.2) is 59.6 Å². The normalized spacial score (nSPS) is 14.3. The van der Waals surface area contributed by atoms with Gasteiger partial charge in [0.1, 0.15) is 18.2 Å². The van der Waals surface area contributed by atoms with Crippen molar-refractivity contribution >= 4 is 58.2 Å². The molecule has 15 heteroatoms. The summed E-state index contributed by atoms with van der Waals surface area (Å²) < 4.78 is 38.1. The molecule has 3 heterocycles. The van der Waals surface area contributed by atoms with Crippen LogP contribution in [-0.4, -0.2) is 77.4 Å². The van der Waals surface area contributed by atoms with Crippen LogP contribution in [0.2, 0.25) is 4.34 Å². The number of anilines is 1. The van der Waals surface area contributed by atoms with Gasteiger partial charge in [-0.25, -0.2) is 4.79 Å². The molecule has 2 aliphatic heterocycles. The van der Waals surface area contributed by atoms with E-state index in [2.05, 4.69) is 10.3 Å². The van der Waals surface area contributed by atoms with Crippen LogP contribution in [0.4, 0.5) is 18.9 Å². The molecule has 0 fully saturated rings. The smallest absolute Gasteiger partial charge is 0.486 e. The highest BCUT2D eigenvalue weighted by atomic mass is 35.5. The molecular formula is C27H22ClF3N4O6S. The van der Waals surface area contributed by atoms with E-state index in [1.165, 1.54) is 4.90 Å². The van der Waals surface area contributed by atoms with Crippen molar-refractivity contribution in [2.75, 3.05) is 32.1 Å². The Morgan fingerprint density at radius 3 is 2.45 bits per heavy atom. The minimum Gasteiger partial charge on any atom is -0.486 e. The van der Waals surface area contributed by atoms with Crippen LogP contribution in [-0.2, 0) is 11.3 Å². The number of alkyl halides is 3. The van der Waals surface area contributed by atoms with Crippen molar-refractivity contribution in [3.05, 3.63) is 80.5 Å². The van der Waals surface area contributed by atoms with Gasteiger partial charge in [-0.05, 0) is 42.0 Å². The average Bonchev–Trinajstić information content (AvgIpc) is 3.62. The number of benzene rings is 2. The molecule has 0 unspecified atom stereocenters. The summed E-state index contributed by atoms with van der Waals surface area (Å²) in [5.41, 5.74) is 1.48. The number of amidine groups is 1. The van der Waals surface area contributed by atoms with E-state index >= 15 is 0 Å². The minimum absolute atomic E-state index is 0.0817. The second-order valence-electron chi connectivity index (χ2n) is 8.94. The summed E-state index contributed by atoms with van der Waals surface area (Å²) in [6.45, 7) is 2.07. The molecule has 0 saturated heterocycles. The third-order valence-electron chi connectivity index (χ3n) is 6.06. The number of imide groups is 1. The van der Waals surface area contributed by atoms with Gasteiger partial charge in [0.15, 0.2) is 0 Å². The van der Waals surface area contributed by atoms with E-state index in [4.69, 9.17) is 26.2 Å². The largest absolute Gasteiger partial charge is 0.490 e. The molecule has 10 nitrogen and oxygen atoms in total. The first-order valence-electron chi connectivity index (χ1n) is 12.2. The second kappa shape index (κ2) is 12.6. The number of hydrogen-bond acceptors (Lipinski definition) is 8. The predicted octanol–water partition coefficient (Wildman–Crippen LogP) is 4.81. The van der Waals surface area contributed by atoms with E-state index in [0.717, 1.165) is 35.8 Å². The van der Waals surface area contributed by atoms with Gasteiger partial charge < -0.3 is 20.1 Å². The number of ether oxygens (including phenoxy) is 1. The molecule has 2 aromatic carbocycles. The molecule has 2 N–H and O–H groups in total. The van der Waals surface area contributed by atoms with E-state index < -0.39 is 29.9 Å². The molecule has 0 radical (unpaired) electrons. The molecule has 5 rings (SSSR count). The molecule has 0 atom stereocenters. The molecule has 2 aliphatic rings. The lowest BCUT2D eigenvalue weighted by atomic mass is 10.1. The standard InChI is InChI=1S/C25H21ClN4O4S.C2HF3O2/c1-29-11-10-27-21(29)14-34-16-5-2-4-15(12-16)13-30-24(32)17-6-3-7-18(22(17)25(30)33)28-23(31)19-8-9-20(26)35-19;3-2(4,5)1(6)7/h2-9,12H,10-11,13-14H2,1H3,(H,28,31);(H,6,7). The first kappa shape index (κ1) is 30.5. The lowest BCUT2D eigenvalue weighted by Gasteiger charge is -2.16. The Labute approximate surface area is 246 Å². The fraction of sp³-hybridized carbons (Fsp3) is 0.222. The number of aliphatic carboxylic acids is 1. The lowest BCUT2D eigenvalue weighted by Crippen LogP contribution is -2.29. The maximum Gasteiger partial charge on any atom is 0.490 e. The topological polar surface area (TPSA) is 129 Å². The predicted molar refractivity (Wildman–Crippen MR) is 148 cm³/mol. The molecule has 0 spiro atoms. The van der Waals surface area contributed by atoms with Crippen LogP contribution in [0.1, 0.15) is 36.0 Å². The first-order valence-corrected chi connectivity index (χ1v) is 13.4. The van der Waals surface area contributed by atoms with Crippen molar-refractivity contribution < 1.29 is 42.2 Å². The third-order valence-corrected chi connectivity index (χ3v) is 7.29. The molecule has 0 bridgehead atoms. The number of halogens is 4. The molecule has 42 heavy (non-hydrogen) atoms. The van der Waals surface area contributed by atoms with Crippen LogP contribution in [0.3, 0.4) is 0 Å². The number of carboxylic acids is 1. The maximum atomic E-state index is 13.3. The number of carbonyl (C=O) groups is 4. The molecule has 0 saturated carbocycles. The molecule has 220 valence electrons. The van der Waals surface area contributed by atoms with Gasteiger partial charge in [-0.3, -0.25) is 24.3 Å². The summed E-state index contributed by atoms with van der Waals surface area (Å²) in [7, 11) is 1.97. The van der Waals surface area contributed by atoms with Gasteiger partial charge in [-0.2, -0.15) is 13.2 Å².